The Kier molecular flexibility index (Phi) is 4.60. The van der Waals surface area contributed by atoms with Crippen LogP contribution in [0, 0.1) is 0 Å². The summed E-state index contributed by atoms with van der Waals surface area (Å²) in [6.07, 6.45) is 3.29. The van der Waals surface area contributed by atoms with E-state index < -0.39 is 0 Å². The van der Waals surface area contributed by atoms with Crippen molar-refractivity contribution in [2.45, 2.75) is 52.1 Å². The van der Waals surface area contributed by atoms with E-state index in [4.69, 9.17) is 5.73 Å². The summed E-state index contributed by atoms with van der Waals surface area (Å²) in [5, 5.41) is 8.39. The van der Waals surface area contributed by atoms with Crippen molar-refractivity contribution >= 4 is 11.5 Å². The van der Waals surface area contributed by atoms with Crippen LogP contribution in [0.3, 0.4) is 0 Å². The Morgan fingerprint density at radius 1 is 1.42 bits per heavy atom. The fourth-order valence-electron chi connectivity index (χ4n) is 2.00. The van der Waals surface area contributed by atoms with E-state index in [1.54, 1.807) is 6.33 Å². The summed E-state index contributed by atoms with van der Waals surface area (Å²) in [5.74, 6) is 1.27. The van der Waals surface area contributed by atoms with Crippen molar-refractivity contribution in [3.05, 3.63) is 22.7 Å². The molecular weight excluding hydrogens is 260 g/mol. The molecule has 2 rings (SSSR count). The Bertz CT molecular complexity index is 518. The van der Waals surface area contributed by atoms with E-state index in [1.807, 2.05) is 4.68 Å². The van der Waals surface area contributed by atoms with Gasteiger partial charge < -0.3 is 5.73 Å². The smallest absolute Gasteiger partial charge is 0.138 e. The van der Waals surface area contributed by atoms with Gasteiger partial charge in [-0.25, -0.2) is 4.98 Å². The fourth-order valence-corrected chi connectivity index (χ4v) is 2.80. The summed E-state index contributed by atoms with van der Waals surface area (Å²) in [6, 6.07) is -0.114. The first-order valence-electron chi connectivity index (χ1n) is 6.57. The maximum Gasteiger partial charge on any atom is 0.138 e. The number of nitrogens with two attached hydrogens (primary N) is 1. The molecule has 6 nitrogen and oxygen atoms in total. The molecule has 2 aromatic heterocycles. The second kappa shape index (κ2) is 6.21. The first-order chi connectivity index (χ1) is 9.13. The maximum atomic E-state index is 6.28. The Hall–Kier alpha value is -1.34. The van der Waals surface area contributed by atoms with Crippen LogP contribution in [0.25, 0.3) is 0 Å². The number of hydrogen-bond donors (Lipinski definition) is 1. The largest absolute Gasteiger partial charge is 0.323 e. The van der Waals surface area contributed by atoms with Gasteiger partial charge in [-0.05, 0) is 23.9 Å². The Morgan fingerprint density at radius 3 is 2.89 bits per heavy atom. The van der Waals surface area contributed by atoms with Crippen LogP contribution in [-0.4, -0.2) is 24.4 Å². The van der Waals surface area contributed by atoms with Crippen molar-refractivity contribution in [3.8, 4) is 0 Å². The van der Waals surface area contributed by atoms with Gasteiger partial charge in [0, 0.05) is 19.0 Å². The molecule has 0 radical (unpaired) electrons. The molecule has 19 heavy (non-hydrogen) atoms. The Balaban J connectivity index is 2.14. The van der Waals surface area contributed by atoms with Gasteiger partial charge in [-0.15, -0.1) is 5.10 Å². The van der Waals surface area contributed by atoms with Gasteiger partial charge in [-0.3, -0.25) is 4.68 Å². The first-order valence-corrected chi connectivity index (χ1v) is 7.35. The van der Waals surface area contributed by atoms with E-state index in [0.717, 1.165) is 29.4 Å². The highest BCUT2D eigenvalue weighted by Crippen LogP contribution is 2.26. The van der Waals surface area contributed by atoms with Crippen molar-refractivity contribution in [1.29, 1.82) is 0 Å². The van der Waals surface area contributed by atoms with Crippen LogP contribution in [-0.2, 0) is 13.0 Å². The van der Waals surface area contributed by atoms with Crippen molar-refractivity contribution < 1.29 is 0 Å². The van der Waals surface area contributed by atoms with Crippen molar-refractivity contribution in [1.82, 2.24) is 24.4 Å². The Morgan fingerprint density at radius 2 is 2.21 bits per heavy atom. The van der Waals surface area contributed by atoms with Crippen LogP contribution in [0.4, 0.5) is 0 Å². The number of hydrogen-bond acceptors (Lipinski definition) is 6. The highest BCUT2D eigenvalue weighted by atomic mass is 32.1. The lowest BCUT2D eigenvalue weighted by atomic mass is 10.0. The molecule has 0 aromatic carbocycles. The second-order valence-electron chi connectivity index (χ2n) is 4.89. The monoisotopic (exact) mass is 280 g/mol. The van der Waals surface area contributed by atoms with Crippen molar-refractivity contribution in [2.24, 2.45) is 5.73 Å². The molecule has 0 saturated carbocycles. The molecule has 0 saturated heterocycles. The average Bonchev–Trinajstić information content (AvgIpc) is 2.98. The average molecular weight is 280 g/mol. The standard InChI is InChI=1S/C12H20N6S/c1-4-5-18-10(14-7-15-18)6-9(13)12-11(8(2)3)16-17-19-12/h7-9H,4-6,13H2,1-3H3. The molecule has 7 heteroatoms. The van der Waals surface area contributed by atoms with E-state index in [2.05, 4.69) is 40.4 Å². The van der Waals surface area contributed by atoms with E-state index in [0.29, 0.717) is 12.3 Å². The predicted octanol–water partition coefficient (Wildman–Crippen LogP) is 1.91. The minimum atomic E-state index is -0.114. The first kappa shape index (κ1) is 14.1. The lowest BCUT2D eigenvalue weighted by Crippen LogP contribution is -2.17. The second-order valence-corrected chi connectivity index (χ2v) is 5.67. The third kappa shape index (κ3) is 3.16. The molecule has 104 valence electrons. The zero-order valence-corrected chi connectivity index (χ0v) is 12.4. The highest BCUT2D eigenvalue weighted by molar-refractivity contribution is 7.05. The molecule has 0 bridgehead atoms. The van der Waals surface area contributed by atoms with E-state index >= 15 is 0 Å². The van der Waals surface area contributed by atoms with Crippen molar-refractivity contribution in [3.63, 3.8) is 0 Å². The maximum absolute atomic E-state index is 6.28. The lowest BCUT2D eigenvalue weighted by molar-refractivity contribution is 0.548. The number of nitrogens with zero attached hydrogens (tertiary/aromatic N) is 5. The van der Waals surface area contributed by atoms with Gasteiger partial charge in [0.05, 0.1) is 10.6 Å². The normalized spacial score (nSPS) is 13.1. The molecule has 2 aromatic rings. The Labute approximate surface area is 117 Å². The molecule has 2 N–H and O–H groups in total. The molecule has 0 amide bonds. The van der Waals surface area contributed by atoms with Crippen LogP contribution in [0.1, 0.15) is 55.5 Å². The van der Waals surface area contributed by atoms with Gasteiger partial charge in [-0.2, -0.15) is 5.10 Å². The third-order valence-electron chi connectivity index (χ3n) is 2.96. The van der Waals surface area contributed by atoms with Gasteiger partial charge in [0.2, 0.25) is 0 Å². The number of rotatable bonds is 6. The molecule has 0 aliphatic heterocycles. The van der Waals surface area contributed by atoms with Crippen molar-refractivity contribution in [2.75, 3.05) is 0 Å². The van der Waals surface area contributed by atoms with Gasteiger partial charge >= 0.3 is 0 Å². The van der Waals surface area contributed by atoms with Gasteiger partial charge in [0.15, 0.2) is 0 Å². The lowest BCUT2D eigenvalue weighted by Gasteiger charge is -2.12. The van der Waals surface area contributed by atoms with Crippen LogP contribution in [0.5, 0.6) is 0 Å². The molecule has 1 atom stereocenters. The zero-order chi connectivity index (χ0) is 13.8. The van der Waals surface area contributed by atoms with Crippen LogP contribution < -0.4 is 5.73 Å². The van der Waals surface area contributed by atoms with Crippen LogP contribution in [0.15, 0.2) is 6.33 Å². The summed E-state index contributed by atoms with van der Waals surface area (Å²) >= 11 is 1.38. The summed E-state index contributed by atoms with van der Waals surface area (Å²) in [5.41, 5.74) is 7.28. The van der Waals surface area contributed by atoms with Crippen LogP contribution in [0.2, 0.25) is 0 Å². The molecule has 1 unspecified atom stereocenters. The molecule has 0 aliphatic carbocycles. The summed E-state index contributed by atoms with van der Waals surface area (Å²) in [7, 11) is 0. The molecule has 0 fully saturated rings. The topological polar surface area (TPSA) is 82.5 Å². The summed E-state index contributed by atoms with van der Waals surface area (Å²) < 4.78 is 5.94. The van der Waals surface area contributed by atoms with E-state index in [1.165, 1.54) is 11.5 Å². The quantitative estimate of drug-likeness (QED) is 0.874. The zero-order valence-electron chi connectivity index (χ0n) is 11.6. The van der Waals surface area contributed by atoms with E-state index in [9.17, 15) is 0 Å². The molecule has 0 spiro atoms. The van der Waals surface area contributed by atoms with Crippen LogP contribution >= 0.6 is 11.5 Å². The molecule has 0 aliphatic rings. The highest BCUT2D eigenvalue weighted by Gasteiger charge is 2.20. The SMILES string of the molecule is CCCn1ncnc1CC(N)c1snnc1C(C)C. The molecular formula is C12H20N6S. The molecule has 2 heterocycles. The summed E-state index contributed by atoms with van der Waals surface area (Å²) in [4.78, 5) is 5.35. The van der Waals surface area contributed by atoms with Gasteiger partial charge in [0.25, 0.3) is 0 Å². The van der Waals surface area contributed by atoms with E-state index in [-0.39, 0.29) is 6.04 Å². The predicted molar refractivity (Wildman–Crippen MR) is 74.9 cm³/mol. The number of aryl methyl sites for hydroxylation is 1. The summed E-state index contributed by atoms with van der Waals surface area (Å²) in [6.45, 7) is 7.20. The minimum absolute atomic E-state index is 0.114. The third-order valence-corrected chi connectivity index (χ3v) is 3.83. The van der Waals surface area contributed by atoms with Gasteiger partial charge in [0.1, 0.15) is 12.2 Å². The minimum Gasteiger partial charge on any atom is -0.323 e. The fraction of sp³-hybridized carbons (Fsp3) is 0.667. The number of aromatic nitrogens is 5. The van der Waals surface area contributed by atoms with Gasteiger partial charge in [-0.1, -0.05) is 25.3 Å².